The van der Waals surface area contributed by atoms with Crippen LogP contribution in [-0.4, -0.2) is 23.5 Å². The maximum atomic E-state index is 13.5. The van der Waals surface area contributed by atoms with Crippen LogP contribution in [0.5, 0.6) is 0 Å². The van der Waals surface area contributed by atoms with Gasteiger partial charge in [-0.25, -0.2) is 4.39 Å². The Bertz CT molecular complexity index is 843. The molecular weight excluding hydrogens is 305 g/mol. The van der Waals surface area contributed by atoms with E-state index in [1.54, 1.807) is 18.2 Å². The fourth-order valence-electron chi connectivity index (χ4n) is 2.78. The predicted octanol–water partition coefficient (Wildman–Crippen LogP) is 2.54. The lowest BCUT2D eigenvalue weighted by Gasteiger charge is -2.12. The highest BCUT2D eigenvalue weighted by molar-refractivity contribution is 5.86. The molecule has 0 bridgehead atoms. The average molecular weight is 325 g/mol. The highest BCUT2D eigenvalue weighted by Crippen LogP contribution is 2.18. The summed E-state index contributed by atoms with van der Waals surface area (Å²) in [5, 5.41) is 3.85. The van der Waals surface area contributed by atoms with Crippen LogP contribution >= 0.6 is 0 Å². The Kier molecular flexibility index (Phi) is 4.91. The molecule has 4 nitrogen and oxygen atoms in total. The van der Waals surface area contributed by atoms with Gasteiger partial charge in [0.25, 0.3) is 0 Å². The van der Waals surface area contributed by atoms with Crippen molar-refractivity contribution >= 4 is 16.8 Å². The molecule has 0 spiro atoms. The van der Waals surface area contributed by atoms with Crippen LogP contribution in [0, 0.1) is 5.82 Å². The lowest BCUT2D eigenvalue weighted by Crippen LogP contribution is -2.42. The van der Waals surface area contributed by atoms with Gasteiger partial charge in [-0.1, -0.05) is 36.4 Å². The van der Waals surface area contributed by atoms with Crippen molar-refractivity contribution in [2.75, 3.05) is 6.54 Å². The smallest absolute Gasteiger partial charge is 0.237 e. The van der Waals surface area contributed by atoms with Crippen LogP contribution in [0.3, 0.4) is 0 Å². The molecule has 124 valence electrons. The Morgan fingerprint density at radius 2 is 1.88 bits per heavy atom. The van der Waals surface area contributed by atoms with Gasteiger partial charge in [-0.05, 0) is 36.1 Å². The molecule has 0 aliphatic heterocycles. The Morgan fingerprint density at radius 1 is 1.12 bits per heavy atom. The maximum Gasteiger partial charge on any atom is 0.237 e. The van der Waals surface area contributed by atoms with Crippen LogP contribution in [0.2, 0.25) is 0 Å². The number of H-pyrrole nitrogens is 1. The third-order valence-corrected chi connectivity index (χ3v) is 4.10. The van der Waals surface area contributed by atoms with E-state index in [9.17, 15) is 9.18 Å². The summed E-state index contributed by atoms with van der Waals surface area (Å²) in [7, 11) is 0. The van der Waals surface area contributed by atoms with E-state index < -0.39 is 6.04 Å². The van der Waals surface area contributed by atoms with Crippen LogP contribution < -0.4 is 11.1 Å². The van der Waals surface area contributed by atoms with Crippen molar-refractivity contribution in [2.45, 2.75) is 18.9 Å². The van der Waals surface area contributed by atoms with Gasteiger partial charge in [0.05, 0.1) is 6.04 Å². The number of carbonyl (C=O) groups excluding carboxylic acids is 1. The molecular formula is C19H20FN3O. The Hall–Kier alpha value is -2.66. The van der Waals surface area contributed by atoms with Crippen molar-refractivity contribution in [1.29, 1.82) is 0 Å². The molecule has 5 heteroatoms. The van der Waals surface area contributed by atoms with Gasteiger partial charge in [0.15, 0.2) is 0 Å². The molecule has 3 rings (SSSR count). The summed E-state index contributed by atoms with van der Waals surface area (Å²) in [4.78, 5) is 15.3. The van der Waals surface area contributed by atoms with Crippen LogP contribution in [0.25, 0.3) is 10.9 Å². The zero-order valence-electron chi connectivity index (χ0n) is 13.3. The number of para-hydroxylation sites is 1. The van der Waals surface area contributed by atoms with Gasteiger partial charge in [-0.3, -0.25) is 4.79 Å². The second-order valence-corrected chi connectivity index (χ2v) is 5.80. The number of fused-ring (bicyclic) bond motifs is 1. The highest BCUT2D eigenvalue weighted by atomic mass is 19.1. The van der Waals surface area contributed by atoms with Crippen LogP contribution in [0.15, 0.2) is 54.7 Å². The van der Waals surface area contributed by atoms with Crippen molar-refractivity contribution in [3.63, 3.8) is 0 Å². The fourth-order valence-corrected chi connectivity index (χ4v) is 2.78. The van der Waals surface area contributed by atoms with E-state index in [4.69, 9.17) is 5.73 Å². The summed E-state index contributed by atoms with van der Waals surface area (Å²) >= 11 is 0. The number of carbonyl (C=O) groups is 1. The maximum absolute atomic E-state index is 13.5. The van der Waals surface area contributed by atoms with E-state index in [0.29, 0.717) is 24.9 Å². The molecule has 1 unspecified atom stereocenters. The summed E-state index contributed by atoms with van der Waals surface area (Å²) < 4.78 is 13.5. The first-order chi connectivity index (χ1) is 11.6. The van der Waals surface area contributed by atoms with E-state index >= 15 is 0 Å². The Labute approximate surface area is 139 Å². The number of amides is 1. The van der Waals surface area contributed by atoms with Crippen molar-refractivity contribution in [3.8, 4) is 0 Å². The van der Waals surface area contributed by atoms with Crippen LogP contribution in [0.4, 0.5) is 4.39 Å². The number of halogens is 1. The molecule has 0 aliphatic carbocycles. The third-order valence-electron chi connectivity index (χ3n) is 4.10. The van der Waals surface area contributed by atoms with Crippen molar-refractivity contribution in [3.05, 3.63) is 71.7 Å². The van der Waals surface area contributed by atoms with Gasteiger partial charge in [0.1, 0.15) is 5.82 Å². The summed E-state index contributed by atoms with van der Waals surface area (Å²) in [5.41, 5.74) is 8.64. The third kappa shape index (κ3) is 3.63. The first kappa shape index (κ1) is 16.2. The minimum absolute atomic E-state index is 0.225. The van der Waals surface area contributed by atoms with Crippen LogP contribution in [0.1, 0.15) is 11.1 Å². The second-order valence-electron chi connectivity index (χ2n) is 5.80. The van der Waals surface area contributed by atoms with E-state index in [1.807, 2.05) is 30.5 Å². The Balaban J connectivity index is 1.54. The zero-order chi connectivity index (χ0) is 16.9. The molecule has 0 saturated heterocycles. The number of rotatable bonds is 6. The minimum atomic E-state index is -0.634. The molecule has 0 saturated carbocycles. The highest BCUT2D eigenvalue weighted by Gasteiger charge is 2.16. The number of hydrogen-bond acceptors (Lipinski definition) is 2. The van der Waals surface area contributed by atoms with E-state index in [-0.39, 0.29) is 11.7 Å². The molecule has 2 aromatic carbocycles. The Morgan fingerprint density at radius 3 is 2.71 bits per heavy atom. The molecule has 1 amide bonds. The number of hydrogen-bond donors (Lipinski definition) is 3. The average Bonchev–Trinajstić information content (AvgIpc) is 2.99. The lowest BCUT2D eigenvalue weighted by atomic mass is 10.0. The van der Waals surface area contributed by atoms with Crippen LogP contribution in [-0.2, 0) is 17.6 Å². The van der Waals surface area contributed by atoms with E-state index in [0.717, 1.165) is 16.5 Å². The molecule has 24 heavy (non-hydrogen) atoms. The normalized spacial score (nSPS) is 12.2. The summed E-state index contributed by atoms with van der Waals surface area (Å²) in [6, 6.07) is 13.8. The molecule has 3 aromatic rings. The van der Waals surface area contributed by atoms with Gasteiger partial charge >= 0.3 is 0 Å². The fraction of sp³-hybridized carbons (Fsp3) is 0.211. The first-order valence-electron chi connectivity index (χ1n) is 7.97. The molecule has 1 aromatic heterocycles. The number of nitrogens with one attached hydrogen (secondary N) is 2. The molecule has 0 fully saturated rings. The van der Waals surface area contributed by atoms with Gasteiger partial charge in [-0.2, -0.15) is 0 Å². The monoisotopic (exact) mass is 325 g/mol. The summed E-state index contributed by atoms with van der Waals surface area (Å²) in [6.45, 7) is 0.362. The number of aromatic amines is 1. The van der Waals surface area contributed by atoms with Crippen molar-refractivity contribution < 1.29 is 9.18 Å². The molecule has 1 heterocycles. The van der Waals surface area contributed by atoms with E-state index in [2.05, 4.69) is 10.3 Å². The molecule has 0 radical (unpaired) electrons. The van der Waals surface area contributed by atoms with Gasteiger partial charge in [-0.15, -0.1) is 0 Å². The van der Waals surface area contributed by atoms with E-state index in [1.165, 1.54) is 6.07 Å². The quantitative estimate of drug-likeness (QED) is 0.652. The molecule has 1 atom stereocenters. The van der Waals surface area contributed by atoms with Gasteiger partial charge < -0.3 is 16.0 Å². The standard InChI is InChI=1S/C19H20FN3O/c20-16-7-3-1-5-13(16)9-10-22-19(24)17(21)11-14-12-23-18-8-4-2-6-15(14)18/h1-8,12,17,23H,9-11,21H2,(H,22,24). The number of nitrogens with two attached hydrogens (primary N) is 1. The second kappa shape index (κ2) is 7.27. The van der Waals surface area contributed by atoms with Crippen molar-refractivity contribution in [1.82, 2.24) is 10.3 Å². The molecule has 0 aliphatic rings. The van der Waals surface area contributed by atoms with Crippen molar-refractivity contribution in [2.24, 2.45) is 5.73 Å². The zero-order valence-corrected chi connectivity index (χ0v) is 13.3. The predicted molar refractivity (Wildman–Crippen MR) is 93.1 cm³/mol. The number of benzene rings is 2. The largest absolute Gasteiger partial charge is 0.361 e. The minimum Gasteiger partial charge on any atom is -0.361 e. The van der Waals surface area contributed by atoms with Gasteiger partial charge in [0, 0.05) is 23.6 Å². The van der Waals surface area contributed by atoms with Gasteiger partial charge in [0.2, 0.25) is 5.91 Å². The topological polar surface area (TPSA) is 70.9 Å². The summed E-state index contributed by atoms with van der Waals surface area (Å²) in [5.74, 6) is -0.480. The summed E-state index contributed by atoms with van der Waals surface area (Å²) in [6.07, 6.45) is 2.78. The SMILES string of the molecule is NC(Cc1c[nH]c2ccccc12)C(=O)NCCc1ccccc1F. The number of aromatic nitrogens is 1. The first-order valence-corrected chi connectivity index (χ1v) is 7.97. The molecule has 4 N–H and O–H groups in total. The lowest BCUT2D eigenvalue weighted by molar-refractivity contribution is -0.122.